The van der Waals surface area contributed by atoms with E-state index < -0.39 is 0 Å². The predicted molar refractivity (Wildman–Crippen MR) is 84.7 cm³/mol. The highest BCUT2D eigenvalue weighted by atomic mass is 35.5. The van der Waals surface area contributed by atoms with E-state index in [1.165, 1.54) is 11.8 Å². The highest BCUT2D eigenvalue weighted by Gasteiger charge is 2.10. The molecule has 0 bridgehead atoms. The van der Waals surface area contributed by atoms with Crippen molar-refractivity contribution in [2.45, 2.75) is 18.7 Å². The number of hydrogen-bond donors (Lipinski definition) is 2. The van der Waals surface area contributed by atoms with Crippen molar-refractivity contribution in [3.8, 4) is 0 Å². The van der Waals surface area contributed by atoms with Gasteiger partial charge in [0.25, 0.3) is 0 Å². The van der Waals surface area contributed by atoms with Crippen molar-refractivity contribution in [1.82, 2.24) is 9.55 Å². The van der Waals surface area contributed by atoms with Crippen LogP contribution >= 0.6 is 23.4 Å². The quantitative estimate of drug-likeness (QED) is 0.829. The standard InChI is InChI=1S/C14H16ClN3O2S/c1-9-3-4-10(5-12(9)15)17-13(20)8-21-14-16-6-11(7-19)18(14)2/h3-6,19H,7-8H2,1-2H3,(H,17,20). The first-order chi connectivity index (χ1) is 10.0. The largest absolute Gasteiger partial charge is 0.390 e. The average Bonchev–Trinajstić information content (AvgIpc) is 2.81. The van der Waals surface area contributed by atoms with Crippen LogP contribution in [0.25, 0.3) is 0 Å². The lowest BCUT2D eigenvalue weighted by Crippen LogP contribution is -2.14. The molecule has 5 nitrogen and oxygen atoms in total. The Bertz CT molecular complexity index is 658. The SMILES string of the molecule is Cc1ccc(NC(=O)CSc2ncc(CO)n2C)cc1Cl. The van der Waals surface area contributed by atoms with Crippen LogP contribution in [0.15, 0.2) is 29.6 Å². The number of amides is 1. The van der Waals surface area contributed by atoms with E-state index in [2.05, 4.69) is 10.3 Å². The number of aromatic nitrogens is 2. The van der Waals surface area contributed by atoms with E-state index in [1.807, 2.05) is 19.1 Å². The number of aryl methyl sites for hydroxylation is 1. The second kappa shape index (κ2) is 6.98. The molecule has 1 aromatic carbocycles. The lowest BCUT2D eigenvalue weighted by molar-refractivity contribution is -0.113. The minimum absolute atomic E-state index is 0.0713. The van der Waals surface area contributed by atoms with E-state index in [1.54, 1.807) is 23.9 Å². The van der Waals surface area contributed by atoms with Gasteiger partial charge in [0, 0.05) is 17.8 Å². The number of imidazole rings is 1. The molecular formula is C14H16ClN3O2S. The number of halogens is 1. The van der Waals surface area contributed by atoms with Gasteiger partial charge in [0.05, 0.1) is 24.3 Å². The molecule has 0 spiro atoms. The van der Waals surface area contributed by atoms with Gasteiger partial charge in [0.2, 0.25) is 5.91 Å². The van der Waals surface area contributed by atoms with Crippen molar-refractivity contribution < 1.29 is 9.90 Å². The third-order valence-electron chi connectivity index (χ3n) is 2.99. The Hall–Kier alpha value is -1.50. The van der Waals surface area contributed by atoms with E-state index in [-0.39, 0.29) is 18.3 Å². The molecule has 1 aromatic heterocycles. The third kappa shape index (κ3) is 4.00. The molecule has 1 amide bonds. The molecule has 0 aliphatic heterocycles. The number of hydrogen-bond acceptors (Lipinski definition) is 4. The van der Waals surface area contributed by atoms with Crippen LogP contribution in [0, 0.1) is 6.92 Å². The van der Waals surface area contributed by atoms with Gasteiger partial charge in [-0.25, -0.2) is 4.98 Å². The van der Waals surface area contributed by atoms with E-state index in [9.17, 15) is 4.79 Å². The second-order valence-corrected chi connectivity index (χ2v) is 5.90. The van der Waals surface area contributed by atoms with E-state index in [0.717, 1.165) is 5.56 Å². The van der Waals surface area contributed by atoms with Crippen molar-refractivity contribution in [3.63, 3.8) is 0 Å². The molecule has 0 fully saturated rings. The molecule has 112 valence electrons. The van der Waals surface area contributed by atoms with E-state index >= 15 is 0 Å². The van der Waals surface area contributed by atoms with E-state index in [0.29, 0.717) is 21.6 Å². The second-order valence-electron chi connectivity index (χ2n) is 4.55. The first-order valence-corrected chi connectivity index (χ1v) is 7.68. The highest BCUT2D eigenvalue weighted by molar-refractivity contribution is 7.99. The summed E-state index contributed by atoms with van der Waals surface area (Å²) in [4.78, 5) is 16.1. The summed E-state index contributed by atoms with van der Waals surface area (Å²) in [5, 5.41) is 13.2. The maximum absolute atomic E-state index is 11.9. The summed E-state index contributed by atoms with van der Waals surface area (Å²) in [5.41, 5.74) is 2.35. The Labute approximate surface area is 132 Å². The van der Waals surface area contributed by atoms with Crippen LogP contribution in [-0.4, -0.2) is 26.3 Å². The summed E-state index contributed by atoms with van der Waals surface area (Å²) in [6.07, 6.45) is 1.60. The first kappa shape index (κ1) is 15.9. The minimum Gasteiger partial charge on any atom is -0.390 e. The molecule has 1 heterocycles. The number of benzene rings is 1. The maximum atomic E-state index is 11.9. The van der Waals surface area contributed by atoms with Gasteiger partial charge in [0.1, 0.15) is 0 Å². The molecule has 21 heavy (non-hydrogen) atoms. The summed E-state index contributed by atoms with van der Waals surface area (Å²) < 4.78 is 1.76. The molecular weight excluding hydrogens is 310 g/mol. The number of thioether (sulfide) groups is 1. The molecule has 0 aliphatic carbocycles. The van der Waals surface area contributed by atoms with Gasteiger partial charge in [-0.15, -0.1) is 0 Å². The molecule has 7 heteroatoms. The van der Waals surface area contributed by atoms with Gasteiger partial charge in [-0.3, -0.25) is 4.79 Å². The summed E-state index contributed by atoms with van der Waals surface area (Å²) in [6.45, 7) is 1.84. The van der Waals surface area contributed by atoms with Gasteiger partial charge >= 0.3 is 0 Å². The minimum atomic E-state index is -0.131. The highest BCUT2D eigenvalue weighted by Crippen LogP contribution is 2.21. The zero-order chi connectivity index (χ0) is 15.4. The van der Waals surface area contributed by atoms with Gasteiger partial charge in [-0.1, -0.05) is 29.4 Å². The molecule has 0 radical (unpaired) electrons. The fourth-order valence-electron chi connectivity index (χ4n) is 1.70. The van der Waals surface area contributed by atoms with Crippen molar-refractivity contribution in [3.05, 3.63) is 40.7 Å². The van der Waals surface area contributed by atoms with Crippen LogP contribution in [0.3, 0.4) is 0 Å². The number of carbonyl (C=O) groups is 1. The summed E-state index contributed by atoms with van der Waals surface area (Å²) in [5.74, 6) is 0.106. The molecule has 0 unspecified atom stereocenters. The Morgan fingerprint density at radius 2 is 2.29 bits per heavy atom. The van der Waals surface area contributed by atoms with Gasteiger partial charge in [0.15, 0.2) is 5.16 Å². The number of rotatable bonds is 5. The van der Waals surface area contributed by atoms with Crippen molar-refractivity contribution >= 4 is 35.0 Å². The van der Waals surface area contributed by atoms with E-state index in [4.69, 9.17) is 16.7 Å². The Morgan fingerprint density at radius 1 is 1.52 bits per heavy atom. The molecule has 2 aromatic rings. The zero-order valence-electron chi connectivity index (χ0n) is 11.8. The van der Waals surface area contributed by atoms with Gasteiger partial charge in [-0.2, -0.15) is 0 Å². The summed E-state index contributed by atoms with van der Waals surface area (Å²) in [6, 6.07) is 5.40. The lowest BCUT2D eigenvalue weighted by Gasteiger charge is -2.07. The fourth-order valence-corrected chi connectivity index (χ4v) is 2.66. The average molecular weight is 326 g/mol. The molecule has 0 atom stereocenters. The van der Waals surface area contributed by atoms with Crippen molar-refractivity contribution in [2.24, 2.45) is 7.05 Å². The number of aliphatic hydroxyl groups excluding tert-OH is 1. The van der Waals surface area contributed by atoms with Crippen LogP contribution in [0.4, 0.5) is 5.69 Å². The normalized spacial score (nSPS) is 10.7. The zero-order valence-corrected chi connectivity index (χ0v) is 13.3. The Kier molecular flexibility index (Phi) is 5.27. The predicted octanol–water partition coefficient (Wildman–Crippen LogP) is 2.61. The van der Waals surface area contributed by atoms with Gasteiger partial charge in [-0.05, 0) is 24.6 Å². The Balaban J connectivity index is 1.92. The van der Waals surface area contributed by atoms with Crippen LogP contribution in [-0.2, 0) is 18.4 Å². The molecule has 0 saturated heterocycles. The summed E-state index contributed by atoms with van der Waals surface area (Å²) >= 11 is 7.33. The van der Waals surface area contributed by atoms with Gasteiger partial charge < -0.3 is 15.0 Å². The number of nitrogens with zero attached hydrogens (tertiary/aromatic N) is 2. The first-order valence-electron chi connectivity index (χ1n) is 6.31. The molecule has 0 aliphatic rings. The monoisotopic (exact) mass is 325 g/mol. The van der Waals surface area contributed by atoms with Crippen LogP contribution in [0.5, 0.6) is 0 Å². The molecule has 2 N–H and O–H groups in total. The smallest absolute Gasteiger partial charge is 0.234 e. The maximum Gasteiger partial charge on any atom is 0.234 e. The fraction of sp³-hybridized carbons (Fsp3) is 0.286. The Morgan fingerprint density at radius 3 is 2.90 bits per heavy atom. The van der Waals surface area contributed by atoms with Crippen LogP contribution < -0.4 is 5.32 Å². The topological polar surface area (TPSA) is 67.2 Å². The van der Waals surface area contributed by atoms with Crippen molar-refractivity contribution in [1.29, 1.82) is 0 Å². The summed E-state index contributed by atoms with van der Waals surface area (Å²) in [7, 11) is 1.80. The lowest BCUT2D eigenvalue weighted by atomic mass is 10.2. The number of nitrogens with one attached hydrogen (secondary N) is 1. The van der Waals surface area contributed by atoms with Crippen LogP contribution in [0.1, 0.15) is 11.3 Å². The van der Waals surface area contributed by atoms with Crippen molar-refractivity contribution in [2.75, 3.05) is 11.1 Å². The molecule has 0 saturated carbocycles. The number of carbonyl (C=O) groups excluding carboxylic acids is 1. The van der Waals surface area contributed by atoms with Crippen LogP contribution in [0.2, 0.25) is 5.02 Å². The molecule has 2 rings (SSSR count). The number of anilines is 1. The third-order valence-corrected chi connectivity index (χ3v) is 4.44. The number of aliphatic hydroxyl groups is 1.